The number of carboxylic acids is 1. The van der Waals surface area contributed by atoms with Gasteiger partial charge in [0.2, 0.25) is 5.91 Å². The van der Waals surface area contributed by atoms with Crippen molar-refractivity contribution in [2.24, 2.45) is 5.92 Å². The van der Waals surface area contributed by atoms with Crippen LogP contribution in [0.1, 0.15) is 13.3 Å². The number of nitrogens with one attached hydrogen (secondary N) is 1. The monoisotopic (exact) mass is 330 g/mol. The predicted molar refractivity (Wildman–Crippen MR) is 81.9 cm³/mol. The first-order chi connectivity index (χ1) is 9.88. The molecule has 7 heteroatoms. The number of carboxylic acid groups (broad SMARTS) is 1. The Kier molecular flexibility index (Phi) is 5.08. The highest BCUT2D eigenvalue weighted by molar-refractivity contribution is 6.42. The minimum atomic E-state index is -0.811. The lowest BCUT2D eigenvalue weighted by atomic mass is 10.1. The fraction of sp³-hybridized carbons (Fsp3) is 0.429. The van der Waals surface area contributed by atoms with E-state index in [0.29, 0.717) is 35.2 Å². The van der Waals surface area contributed by atoms with Crippen LogP contribution in [0.15, 0.2) is 18.2 Å². The maximum atomic E-state index is 12.2. The number of likely N-dealkylation sites (tertiary alicyclic amines) is 1. The second kappa shape index (κ2) is 6.64. The first-order valence-electron chi connectivity index (χ1n) is 6.61. The van der Waals surface area contributed by atoms with Gasteiger partial charge in [0.25, 0.3) is 0 Å². The maximum absolute atomic E-state index is 12.2. The first-order valence-corrected chi connectivity index (χ1v) is 7.37. The molecule has 0 bridgehead atoms. The van der Waals surface area contributed by atoms with E-state index in [0.717, 1.165) is 0 Å². The van der Waals surface area contributed by atoms with E-state index in [2.05, 4.69) is 5.32 Å². The van der Waals surface area contributed by atoms with Crippen molar-refractivity contribution < 1.29 is 14.7 Å². The molecule has 0 spiro atoms. The lowest BCUT2D eigenvalue weighted by Crippen LogP contribution is -2.41. The third-order valence-corrected chi connectivity index (χ3v) is 4.42. The molecule has 1 saturated heterocycles. The van der Waals surface area contributed by atoms with E-state index in [1.54, 1.807) is 25.1 Å². The van der Waals surface area contributed by atoms with Gasteiger partial charge in [-0.15, -0.1) is 0 Å². The molecule has 0 aliphatic carbocycles. The highest BCUT2D eigenvalue weighted by Crippen LogP contribution is 2.25. The van der Waals surface area contributed by atoms with E-state index in [-0.39, 0.29) is 5.91 Å². The van der Waals surface area contributed by atoms with Crippen molar-refractivity contribution in [3.63, 3.8) is 0 Å². The summed E-state index contributed by atoms with van der Waals surface area (Å²) in [5, 5.41) is 12.5. The van der Waals surface area contributed by atoms with Crippen molar-refractivity contribution in [2.75, 3.05) is 18.4 Å². The first kappa shape index (κ1) is 16.1. The van der Waals surface area contributed by atoms with E-state index in [4.69, 9.17) is 28.3 Å². The van der Waals surface area contributed by atoms with Gasteiger partial charge in [-0.25, -0.2) is 0 Å². The minimum absolute atomic E-state index is 0.195. The summed E-state index contributed by atoms with van der Waals surface area (Å²) in [4.78, 5) is 25.0. The Bertz CT molecular complexity index is 565. The van der Waals surface area contributed by atoms with Gasteiger partial charge in [-0.1, -0.05) is 23.2 Å². The molecule has 0 saturated carbocycles. The zero-order chi connectivity index (χ0) is 15.6. The number of anilines is 1. The molecule has 2 N–H and O–H groups in total. The van der Waals surface area contributed by atoms with Crippen molar-refractivity contribution in [1.29, 1.82) is 0 Å². The van der Waals surface area contributed by atoms with E-state index in [1.807, 2.05) is 4.90 Å². The number of hydrogen-bond acceptors (Lipinski definition) is 3. The fourth-order valence-corrected chi connectivity index (χ4v) is 2.63. The van der Waals surface area contributed by atoms with Crippen LogP contribution in [-0.2, 0) is 9.59 Å². The number of rotatable bonds is 4. The third kappa shape index (κ3) is 3.87. The summed E-state index contributed by atoms with van der Waals surface area (Å²) in [5.41, 5.74) is 0.565. The molecule has 1 fully saturated rings. The summed E-state index contributed by atoms with van der Waals surface area (Å²) in [5.74, 6) is -1.40. The van der Waals surface area contributed by atoms with E-state index >= 15 is 0 Å². The molecule has 1 aromatic rings. The van der Waals surface area contributed by atoms with Gasteiger partial charge in [0, 0.05) is 12.2 Å². The fourth-order valence-electron chi connectivity index (χ4n) is 2.33. The average molecular weight is 331 g/mol. The van der Waals surface area contributed by atoms with Crippen LogP contribution in [0.5, 0.6) is 0 Å². The van der Waals surface area contributed by atoms with Gasteiger partial charge < -0.3 is 10.4 Å². The summed E-state index contributed by atoms with van der Waals surface area (Å²) in [7, 11) is 0. The van der Waals surface area contributed by atoms with Crippen molar-refractivity contribution >= 4 is 40.8 Å². The Morgan fingerprint density at radius 1 is 1.38 bits per heavy atom. The molecule has 2 unspecified atom stereocenters. The molecule has 1 heterocycles. The number of nitrogens with zero attached hydrogens (tertiary/aromatic N) is 1. The Labute approximate surface area is 132 Å². The summed E-state index contributed by atoms with van der Waals surface area (Å²) >= 11 is 11.7. The molecule has 1 aromatic carbocycles. The lowest BCUT2D eigenvalue weighted by Gasteiger charge is -2.23. The van der Waals surface area contributed by atoms with Crippen LogP contribution >= 0.6 is 23.2 Å². The smallest absolute Gasteiger partial charge is 0.307 e. The molecule has 1 amide bonds. The molecule has 21 heavy (non-hydrogen) atoms. The van der Waals surface area contributed by atoms with Crippen molar-refractivity contribution in [2.45, 2.75) is 19.4 Å². The molecule has 2 atom stereocenters. The summed E-state index contributed by atoms with van der Waals surface area (Å²) < 4.78 is 0. The second-order valence-electron chi connectivity index (χ2n) is 5.11. The largest absolute Gasteiger partial charge is 0.481 e. The molecule has 1 aliphatic rings. The van der Waals surface area contributed by atoms with Gasteiger partial charge in [0.05, 0.1) is 22.0 Å². The van der Waals surface area contributed by atoms with Gasteiger partial charge in [-0.05, 0) is 38.1 Å². The molecular formula is C14H16Cl2N2O3. The normalized spacial score (nSPS) is 20.2. The summed E-state index contributed by atoms with van der Waals surface area (Å²) in [6, 6.07) is 4.46. The third-order valence-electron chi connectivity index (χ3n) is 3.68. The van der Waals surface area contributed by atoms with E-state index in [1.165, 1.54) is 0 Å². The topological polar surface area (TPSA) is 69.6 Å². The average Bonchev–Trinajstić information content (AvgIpc) is 2.92. The standard InChI is InChI=1S/C14H16Cl2N2O3/c1-8(18-5-4-9(7-18)14(20)21)13(19)17-10-2-3-11(15)12(16)6-10/h2-3,6,8-9H,4-5,7H2,1H3,(H,17,19)(H,20,21). The van der Waals surface area contributed by atoms with Crippen molar-refractivity contribution in [3.8, 4) is 0 Å². The SMILES string of the molecule is CC(C(=O)Nc1ccc(Cl)c(Cl)c1)N1CCC(C(=O)O)C1. The zero-order valence-corrected chi connectivity index (χ0v) is 13.0. The highest BCUT2D eigenvalue weighted by atomic mass is 35.5. The molecule has 0 radical (unpaired) electrons. The van der Waals surface area contributed by atoms with E-state index in [9.17, 15) is 9.59 Å². The van der Waals surface area contributed by atoms with Gasteiger partial charge in [-0.3, -0.25) is 14.5 Å². The second-order valence-corrected chi connectivity index (χ2v) is 5.93. The van der Waals surface area contributed by atoms with Gasteiger partial charge in [0.15, 0.2) is 0 Å². The number of aliphatic carboxylic acids is 1. The predicted octanol–water partition coefficient (Wildman–Crippen LogP) is 2.73. The molecular weight excluding hydrogens is 315 g/mol. The Morgan fingerprint density at radius 2 is 2.10 bits per heavy atom. The molecule has 0 aromatic heterocycles. The molecule has 5 nitrogen and oxygen atoms in total. The number of amides is 1. The number of carbonyl (C=O) groups is 2. The van der Waals surface area contributed by atoms with E-state index < -0.39 is 17.9 Å². The van der Waals surface area contributed by atoms with Crippen molar-refractivity contribution in [3.05, 3.63) is 28.2 Å². The Balaban J connectivity index is 1.97. The summed E-state index contributed by atoms with van der Waals surface area (Å²) in [6.45, 7) is 2.76. The number of benzene rings is 1. The van der Waals surface area contributed by atoms with Crippen LogP contribution in [0.3, 0.4) is 0 Å². The van der Waals surface area contributed by atoms with Crippen LogP contribution < -0.4 is 5.32 Å². The number of hydrogen-bond donors (Lipinski definition) is 2. The molecule has 1 aliphatic heterocycles. The number of halogens is 2. The maximum Gasteiger partial charge on any atom is 0.307 e. The van der Waals surface area contributed by atoms with Gasteiger partial charge >= 0.3 is 5.97 Å². The Morgan fingerprint density at radius 3 is 2.67 bits per heavy atom. The Hall–Kier alpha value is -1.30. The molecule has 114 valence electrons. The lowest BCUT2D eigenvalue weighted by molar-refractivity contribution is -0.141. The van der Waals surface area contributed by atoms with Gasteiger partial charge in [-0.2, -0.15) is 0 Å². The van der Waals surface area contributed by atoms with Crippen molar-refractivity contribution in [1.82, 2.24) is 4.90 Å². The quantitative estimate of drug-likeness (QED) is 0.890. The number of carbonyl (C=O) groups excluding carboxylic acids is 1. The summed E-state index contributed by atoms with van der Waals surface area (Å²) in [6.07, 6.45) is 0.569. The van der Waals surface area contributed by atoms with Crippen LogP contribution in [-0.4, -0.2) is 41.0 Å². The zero-order valence-electron chi connectivity index (χ0n) is 11.5. The highest BCUT2D eigenvalue weighted by Gasteiger charge is 2.33. The van der Waals surface area contributed by atoms with Gasteiger partial charge in [0.1, 0.15) is 0 Å². The van der Waals surface area contributed by atoms with Crippen LogP contribution in [0, 0.1) is 5.92 Å². The van der Waals surface area contributed by atoms with Crippen LogP contribution in [0.25, 0.3) is 0 Å². The van der Waals surface area contributed by atoms with Crippen LogP contribution in [0.4, 0.5) is 5.69 Å². The van der Waals surface area contributed by atoms with Crippen LogP contribution in [0.2, 0.25) is 10.0 Å². The molecule has 2 rings (SSSR count). The minimum Gasteiger partial charge on any atom is -0.481 e.